The van der Waals surface area contributed by atoms with Gasteiger partial charge in [0.1, 0.15) is 0 Å². The highest BCUT2D eigenvalue weighted by Gasteiger charge is 1.93. The maximum atomic E-state index is 5.42. The summed E-state index contributed by atoms with van der Waals surface area (Å²) in [5.41, 5.74) is 1.07. The van der Waals surface area contributed by atoms with Gasteiger partial charge in [-0.1, -0.05) is 26.0 Å². The van der Waals surface area contributed by atoms with Crippen molar-refractivity contribution in [2.24, 2.45) is 5.92 Å². The first-order chi connectivity index (χ1) is 7.13. The van der Waals surface area contributed by atoms with Gasteiger partial charge in [-0.15, -0.1) is 0 Å². The van der Waals surface area contributed by atoms with Crippen LogP contribution in [0, 0.1) is 5.92 Å². The zero-order valence-electron chi connectivity index (χ0n) is 10.3. The number of rotatable bonds is 10. The maximum absolute atomic E-state index is 5.42. The van der Waals surface area contributed by atoms with Crippen LogP contribution < -0.4 is 5.32 Å². The molecule has 0 amide bonds. The molecule has 0 aliphatic rings. The topological polar surface area (TPSA) is 30.5 Å². The zero-order chi connectivity index (χ0) is 11.5. The van der Waals surface area contributed by atoms with E-state index in [4.69, 9.17) is 9.47 Å². The quantitative estimate of drug-likeness (QED) is 0.445. The molecule has 0 aromatic heterocycles. The summed E-state index contributed by atoms with van der Waals surface area (Å²) in [6.07, 6.45) is 0. The second-order valence-electron chi connectivity index (χ2n) is 4.23. The van der Waals surface area contributed by atoms with Gasteiger partial charge in [-0.3, -0.25) is 0 Å². The average Bonchev–Trinajstić information content (AvgIpc) is 2.14. The van der Waals surface area contributed by atoms with E-state index < -0.39 is 0 Å². The molecule has 15 heavy (non-hydrogen) atoms. The maximum Gasteiger partial charge on any atom is 0.0672 e. The first-order valence-corrected chi connectivity index (χ1v) is 5.63. The van der Waals surface area contributed by atoms with Gasteiger partial charge in [-0.05, 0) is 12.8 Å². The van der Waals surface area contributed by atoms with Crippen LogP contribution in [0.2, 0.25) is 0 Å². The lowest BCUT2D eigenvalue weighted by atomic mass is 10.2. The fourth-order valence-electron chi connectivity index (χ4n) is 0.979. The molecular formula is C12H25NO2. The molecule has 3 nitrogen and oxygen atoms in total. The molecule has 90 valence electrons. The number of hydrogen-bond donors (Lipinski definition) is 1. The second kappa shape index (κ2) is 10.1. The SMILES string of the molecule is C=C(C)COCCNCCOCC(C)C. The first kappa shape index (κ1) is 14.6. The zero-order valence-corrected chi connectivity index (χ0v) is 10.3. The van der Waals surface area contributed by atoms with E-state index in [1.165, 1.54) is 0 Å². The predicted octanol–water partition coefficient (Wildman–Crippen LogP) is 1.84. The molecule has 0 unspecified atom stereocenters. The van der Waals surface area contributed by atoms with Gasteiger partial charge in [0.15, 0.2) is 0 Å². The lowest BCUT2D eigenvalue weighted by Crippen LogP contribution is -2.24. The molecule has 0 aromatic carbocycles. The van der Waals surface area contributed by atoms with Crippen molar-refractivity contribution < 1.29 is 9.47 Å². The van der Waals surface area contributed by atoms with Crippen molar-refractivity contribution in [3.8, 4) is 0 Å². The van der Waals surface area contributed by atoms with Crippen LogP contribution in [0.5, 0.6) is 0 Å². The Balaban J connectivity index is 2.96. The Morgan fingerprint density at radius 2 is 1.80 bits per heavy atom. The van der Waals surface area contributed by atoms with Crippen LogP contribution in [0.25, 0.3) is 0 Å². The molecule has 0 heterocycles. The summed E-state index contributed by atoms with van der Waals surface area (Å²) < 4.78 is 10.8. The summed E-state index contributed by atoms with van der Waals surface area (Å²) in [5, 5.41) is 3.25. The molecule has 0 fully saturated rings. The molecule has 1 N–H and O–H groups in total. The minimum absolute atomic E-state index is 0.615. The van der Waals surface area contributed by atoms with E-state index in [0.717, 1.165) is 38.5 Å². The van der Waals surface area contributed by atoms with Gasteiger partial charge in [0.2, 0.25) is 0 Å². The van der Waals surface area contributed by atoms with Crippen molar-refractivity contribution >= 4 is 0 Å². The third-order valence-electron chi connectivity index (χ3n) is 1.65. The van der Waals surface area contributed by atoms with Gasteiger partial charge < -0.3 is 14.8 Å². The van der Waals surface area contributed by atoms with Crippen LogP contribution in [0.15, 0.2) is 12.2 Å². The van der Waals surface area contributed by atoms with Crippen molar-refractivity contribution in [1.29, 1.82) is 0 Å². The van der Waals surface area contributed by atoms with Crippen LogP contribution in [-0.2, 0) is 9.47 Å². The molecule has 0 bridgehead atoms. The molecule has 0 aliphatic carbocycles. The Morgan fingerprint density at radius 1 is 1.20 bits per heavy atom. The molecule has 0 aromatic rings. The summed E-state index contributed by atoms with van der Waals surface area (Å²) in [7, 11) is 0. The van der Waals surface area contributed by atoms with Crippen molar-refractivity contribution in [2.45, 2.75) is 20.8 Å². The average molecular weight is 215 g/mol. The Kier molecular flexibility index (Phi) is 9.89. The third kappa shape index (κ3) is 13.6. The fraction of sp³-hybridized carbons (Fsp3) is 0.833. The molecule has 0 saturated heterocycles. The van der Waals surface area contributed by atoms with E-state index in [0.29, 0.717) is 12.5 Å². The summed E-state index contributed by atoms with van der Waals surface area (Å²) in [4.78, 5) is 0. The van der Waals surface area contributed by atoms with Crippen molar-refractivity contribution in [3.63, 3.8) is 0 Å². The summed E-state index contributed by atoms with van der Waals surface area (Å²) in [6, 6.07) is 0. The lowest BCUT2D eigenvalue weighted by molar-refractivity contribution is 0.108. The predicted molar refractivity (Wildman–Crippen MR) is 64.2 cm³/mol. The van der Waals surface area contributed by atoms with E-state index in [9.17, 15) is 0 Å². The van der Waals surface area contributed by atoms with Crippen molar-refractivity contribution in [1.82, 2.24) is 5.32 Å². The summed E-state index contributed by atoms with van der Waals surface area (Å²) >= 11 is 0. The van der Waals surface area contributed by atoms with Gasteiger partial charge in [-0.25, -0.2) is 0 Å². The first-order valence-electron chi connectivity index (χ1n) is 5.63. The van der Waals surface area contributed by atoms with E-state index >= 15 is 0 Å². The molecule has 3 heteroatoms. The Morgan fingerprint density at radius 3 is 2.33 bits per heavy atom. The molecule has 0 aliphatic heterocycles. The Bertz CT molecular complexity index is 158. The summed E-state index contributed by atoms with van der Waals surface area (Å²) in [5.74, 6) is 0.615. The Hall–Kier alpha value is -0.380. The lowest BCUT2D eigenvalue weighted by Gasteiger charge is -2.08. The highest BCUT2D eigenvalue weighted by atomic mass is 16.5. The second-order valence-corrected chi connectivity index (χ2v) is 4.23. The van der Waals surface area contributed by atoms with E-state index in [1.807, 2.05) is 6.92 Å². The highest BCUT2D eigenvalue weighted by molar-refractivity contribution is 4.87. The smallest absolute Gasteiger partial charge is 0.0672 e. The van der Waals surface area contributed by atoms with Crippen LogP contribution in [0.3, 0.4) is 0 Å². The van der Waals surface area contributed by atoms with Gasteiger partial charge in [0.25, 0.3) is 0 Å². The van der Waals surface area contributed by atoms with Gasteiger partial charge in [0, 0.05) is 19.7 Å². The normalized spacial score (nSPS) is 10.9. The van der Waals surface area contributed by atoms with E-state index in [2.05, 4.69) is 25.7 Å². The monoisotopic (exact) mass is 215 g/mol. The molecule has 0 spiro atoms. The molecule has 0 atom stereocenters. The minimum atomic E-state index is 0.615. The van der Waals surface area contributed by atoms with Gasteiger partial charge >= 0.3 is 0 Å². The van der Waals surface area contributed by atoms with E-state index in [1.54, 1.807) is 0 Å². The third-order valence-corrected chi connectivity index (χ3v) is 1.65. The Labute approximate surface area is 93.8 Å². The molecule has 0 rings (SSSR count). The summed E-state index contributed by atoms with van der Waals surface area (Å²) in [6.45, 7) is 14.8. The van der Waals surface area contributed by atoms with Gasteiger partial charge in [0.05, 0.1) is 19.8 Å². The van der Waals surface area contributed by atoms with Gasteiger partial charge in [-0.2, -0.15) is 0 Å². The fourth-order valence-corrected chi connectivity index (χ4v) is 0.979. The highest BCUT2D eigenvalue weighted by Crippen LogP contribution is 1.91. The number of hydrogen-bond acceptors (Lipinski definition) is 3. The van der Waals surface area contributed by atoms with Crippen molar-refractivity contribution in [2.75, 3.05) is 39.5 Å². The number of ether oxygens (including phenoxy) is 2. The van der Waals surface area contributed by atoms with Crippen LogP contribution in [-0.4, -0.2) is 39.5 Å². The van der Waals surface area contributed by atoms with Crippen LogP contribution in [0.1, 0.15) is 20.8 Å². The minimum Gasteiger partial charge on any atom is -0.380 e. The van der Waals surface area contributed by atoms with Crippen molar-refractivity contribution in [3.05, 3.63) is 12.2 Å². The van der Waals surface area contributed by atoms with Crippen LogP contribution >= 0.6 is 0 Å². The standard InChI is InChI=1S/C12H25NO2/c1-11(2)9-14-7-5-13-6-8-15-10-12(3)4/h12-13H,1,5-10H2,2-4H3. The molecule has 0 saturated carbocycles. The van der Waals surface area contributed by atoms with E-state index in [-0.39, 0.29) is 0 Å². The number of nitrogens with one attached hydrogen (secondary N) is 1. The molecule has 0 radical (unpaired) electrons. The van der Waals surface area contributed by atoms with Crippen LogP contribution in [0.4, 0.5) is 0 Å². The molecular weight excluding hydrogens is 190 g/mol. The largest absolute Gasteiger partial charge is 0.380 e.